The smallest absolute Gasteiger partial charge is 0.195 e. The van der Waals surface area contributed by atoms with Gasteiger partial charge in [-0.25, -0.2) is 9.98 Å². The molecule has 0 amide bonds. The van der Waals surface area contributed by atoms with Crippen molar-refractivity contribution in [1.29, 1.82) is 0 Å². The van der Waals surface area contributed by atoms with Crippen molar-refractivity contribution in [2.75, 3.05) is 20.1 Å². The number of imidazole rings is 1. The first-order valence-electron chi connectivity index (χ1n) is 7.26. The second-order valence-electron chi connectivity index (χ2n) is 4.84. The van der Waals surface area contributed by atoms with Gasteiger partial charge in [-0.05, 0) is 12.5 Å². The van der Waals surface area contributed by atoms with Gasteiger partial charge in [-0.15, -0.1) is 30.4 Å². The largest absolute Gasteiger partial charge is 0.356 e. The monoisotopic (exact) mass is 423 g/mol. The minimum Gasteiger partial charge on any atom is -0.356 e. The third-order valence-corrected chi connectivity index (χ3v) is 3.12. The molecule has 0 aliphatic carbocycles. The van der Waals surface area contributed by atoms with Crippen LogP contribution in [0.25, 0.3) is 11.3 Å². The molecule has 0 bridgehead atoms. The van der Waals surface area contributed by atoms with Crippen LogP contribution >= 0.6 is 24.0 Å². The fraction of sp³-hybridized carbons (Fsp3) is 0.294. The highest BCUT2D eigenvalue weighted by molar-refractivity contribution is 14.0. The number of hydrogen-bond acceptors (Lipinski definition) is 2. The summed E-state index contributed by atoms with van der Waals surface area (Å²) in [6, 6.07) is 10.1. The molecule has 0 saturated heterocycles. The molecule has 0 atom stereocenters. The Labute approximate surface area is 154 Å². The van der Waals surface area contributed by atoms with Crippen LogP contribution in [0.1, 0.15) is 12.7 Å². The van der Waals surface area contributed by atoms with E-state index in [9.17, 15) is 0 Å². The Balaban J connectivity index is 0.00000264. The zero-order chi connectivity index (χ0) is 15.8. The second-order valence-corrected chi connectivity index (χ2v) is 4.84. The Bertz CT molecular complexity index is 657. The number of halogens is 1. The number of hydrogen-bond donors (Lipinski definition) is 2. The van der Waals surface area contributed by atoms with Crippen molar-refractivity contribution in [2.45, 2.75) is 13.5 Å². The predicted octanol–water partition coefficient (Wildman–Crippen LogP) is 2.73. The molecule has 0 spiro atoms. The molecule has 23 heavy (non-hydrogen) atoms. The molecule has 0 saturated carbocycles. The average Bonchev–Trinajstić information content (AvgIpc) is 3.00. The van der Waals surface area contributed by atoms with E-state index in [0.29, 0.717) is 13.1 Å². The Kier molecular flexibility index (Phi) is 8.19. The lowest BCUT2D eigenvalue weighted by Gasteiger charge is -2.20. The van der Waals surface area contributed by atoms with Gasteiger partial charge in [0.1, 0.15) is 12.4 Å². The SMILES string of the molecule is C#CCN=C(NCC)N(C)Cc1ncc(-c2ccccc2)[nH]1.I. The number of aliphatic imine (C=N–C) groups is 1. The van der Waals surface area contributed by atoms with Gasteiger partial charge in [0, 0.05) is 13.6 Å². The summed E-state index contributed by atoms with van der Waals surface area (Å²) in [4.78, 5) is 14.1. The van der Waals surface area contributed by atoms with Crippen molar-refractivity contribution in [3.63, 3.8) is 0 Å². The number of rotatable bonds is 5. The number of nitrogens with zero attached hydrogens (tertiary/aromatic N) is 3. The summed E-state index contributed by atoms with van der Waals surface area (Å²) < 4.78 is 0. The number of guanidine groups is 1. The fourth-order valence-electron chi connectivity index (χ4n) is 2.10. The molecule has 122 valence electrons. The van der Waals surface area contributed by atoms with E-state index in [1.807, 2.05) is 43.3 Å². The Morgan fingerprint density at radius 1 is 1.39 bits per heavy atom. The van der Waals surface area contributed by atoms with E-state index in [2.05, 4.69) is 38.3 Å². The molecule has 0 aliphatic rings. The highest BCUT2D eigenvalue weighted by Crippen LogP contribution is 2.16. The van der Waals surface area contributed by atoms with Gasteiger partial charge in [0.2, 0.25) is 0 Å². The summed E-state index contributed by atoms with van der Waals surface area (Å²) in [7, 11) is 1.96. The zero-order valence-electron chi connectivity index (χ0n) is 13.4. The first-order valence-corrected chi connectivity index (χ1v) is 7.26. The van der Waals surface area contributed by atoms with Crippen LogP contribution in [-0.2, 0) is 6.54 Å². The maximum Gasteiger partial charge on any atom is 0.195 e. The van der Waals surface area contributed by atoms with Crippen LogP contribution in [-0.4, -0.2) is 41.0 Å². The molecule has 0 fully saturated rings. The van der Waals surface area contributed by atoms with Gasteiger partial charge in [-0.3, -0.25) is 0 Å². The number of terminal acetylenes is 1. The standard InChI is InChI=1S/C17H21N5.HI/c1-4-11-19-17(18-5-2)22(3)13-16-20-12-15(21-16)14-9-7-6-8-10-14;/h1,6-10,12H,5,11,13H2,2-3H3,(H,18,19)(H,20,21);1H. The molecule has 1 aromatic carbocycles. The van der Waals surface area contributed by atoms with Crippen LogP contribution in [0.5, 0.6) is 0 Å². The maximum absolute atomic E-state index is 5.27. The van der Waals surface area contributed by atoms with Crippen molar-refractivity contribution >= 4 is 29.9 Å². The van der Waals surface area contributed by atoms with Gasteiger partial charge in [-0.2, -0.15) is 0 Å². The van der Waals surface area contributed by atoms with Gasteiger partial charge in [0.15, 0.2) is 5.96 Å². The molecule has 1 aromatic heterocycles. The third kappa shape index (κ3) is 5.60. The van der Waals surface area contributed by atoms with Crippen LogP contribution in [0.15, 0.2) is 41.5 Å². The minimum absolute atomic E-state index is 0. The van der Waals surface area contributed by atoms with E-state index in [-0.39, 0.29) is 24.0 Å². The van der Waals surface area contributed by atoms with Gasteiger partial charge >= 0.3 is 0 Å². The molecule has 0 unspecified atom stereocenters. The van der Waals surface area contributed by atoms with Crippen LogP contribution < -0.4 is 5.32 Å². The van der Waals surface area contributed by atoms with E-state index in [4.69, 9.17) is 6.42 Å². The predicted molar refractivity (Wildman–Crippen MR) is 106 cm³/mol. The van der Waals surface area contributed by atoms with Crippen LogP contribution in [0.4, 0.5) is 0 Å². The van der Waals surface area contributed by atoms with Crippen LogP contribution in [0, 0.1) is 12.3 Å². The second kappa shape index (κ2) is 9.90. The fourth-order valence-corrected chi connectivity index (χ4v) is 2.10. The summed E-state index contributed by atoms with van der Waals surface area (Å²) in [6.45, 7) is 3.81. The van der Waals surface area contributed by atoms with Gasteiger partial charge in [-0.1, -0.05) is 36.3 Å². The Morgan fingerprint density at radius 3 is 2.78 bits per heavy atom. The van der Waals surface area contributed by atoms with E-state index < -0.39 is 0 Å². The molecular formula is C17H22IN5. The van der Waals surface area contributed by atoms with E-state index in [0.717, 1.165) is 29.6 Å². The molecule has 6 heteroatoms. The molecular weight excluding hydrogens is 401 g/mol. The lowest BCUT2D eigenvalue weighted by Crippen LogP contribution is -2.38. The lowest BCUT2D eigenvalue weighted by molar-refractivity contribution is 0.465. The van der Waals surface area contributed by atoms with Crippen molar-refractivity contribution in [1.82, 2.24) is 20.2 Å². The van der Waals surface area contributed by atoms with E-state index >= 15 is 0 Å². The van der Waals surface area contributed by atoms with E-state index in [1.54, 1.807) is 0 Å². The Hall–Kier alpha value is -2.01. The normalized spacial score (nSPS) is 10.6. The number of aromatic amines is 1. The first-order chi connectivity index (χ1) is 10.7. The topological polar surface area (TPSA) is 56.3 Å². The molecule has 2 rings (SSSR count). The summed E-state index contributed by atoms with van der Waals surface area (Å²) >= 11 is 0. The minimum atomic E-state index is 0. The molecule has 2 N–H and O–H groups in total. The summed E-state index contributed by atoms with van der Waals surface area (Å²) in [6.07, 6.45) is 7.12. The van der Waals surface area contributed by atoms with Crippen LogP contribution in [0.3, 0.4) is 0 Å². The first kappa shape index (κ1) is 19.0. The van der Waals surface area contributed by atoms with Crippen LogP contribution in [0.2, 0.25) is 0 Å². The highest BCUT2D eigenvalue weighted by atomic mass is 127. The van der Waals surface area contributed by atoms with Crippen molar-refractivity contribution in [2.24, 2.45) is 4.99 Å². The van der Waals surface area contributed by atoms with Gasteiger partial charge in [0.05, 0.1) is 18.4 Å². The summed E-state index contributed by atoms with van der Waals surface area (Å²) in [5, 5.41) is 3.21. The molecule has 0 aliphatic heterocycles. The van der Waals surface area contributed by atoms with E-state index in [1.165, 1.54) is 0 Å². The molecule has 2 aromatic rings. The van der Waals surface area contributed by atoms with Crippen molar-refractivity contribution < 1.29 is 0 Å². The lowest BCUT2D eigenvalue weighted by atomic mass is 10.2. The Morgan fingerprint density at radius 2 is 2.13 bits per heavy atom. The quantitative estimate of drug-likeness (QED) is 0.337. The number of H-pyrrole nitrogens is 1. The van der Waals surface area contributed by atoms with Gasteiger partial charge in [0.25, 0.3) is 0 Å². The van der Waals surface area contributed by atoms with Crippen molar-refractivity contribution in [3.05, 3.63) is 42.4 Å². The number of nitrogens with one attached hydrogen (secondary N) is 2. The zero-order valence-corrected chi connectivity index (χ0v) is 15.7. The molecule has 5 nitrogen and oxygen atoms in total. The molecule has 1 heterocycles. The van der Waals surface area contributed by atoms with Gasteiger partial charge < -0.3 is 15.2 Å². The third-order valence-electron chi connectivity index (χ3n) is 3.12. The highest BCUT2D eigenvalue weighted by Gasteiger charge is 2.09. The molecule has 0 radical (unpaired) electrons. The maximum atomic E-state index is 5.27. The summed E-state index contributed by atoms with van der Waals surface area (Å²) in [5.74, 6) is 4.18. The van der Waals surface area contributed by atoms with Crippen molar-refractivity contribution in [3.8, 4) is 23.6 Å². The summed E-state index contributed by atoms with van der Waals surface area (Å²) in [5.41, 5.74) is 2.13. The number of aromatic nitrogens is 2. The number of benzene rings is 1. The average molecular weight is 423 g/mol.